The van der Waals surface area contributed by atoms with Gasteiger partial charge in [-0.1, -0.05) is 6.07 Å². The van der Waals surface area contributed by atoms with Crippen molar-refractivity contribution in [3.63, 3.8) is 0 Å². The predicted molar refractivity (Wildman–Crippen MR) is 145 cm³/mol. The smallest absolute Gasteiger partial charge is 0.326 e. The summed E-state index contributed by atoms with van der Waals surface area (Å²) in [6, 6.07) is 7.18. The van der Waals surface area contributed by atoms with E-state index in [9.17, 15) is 14.7 Å². The first-order valence-electron chi connectivity index (χ1n) is 13.7. The minimum atomic E-state index is -0.872. The Hall–Kier alpha value is -3.01. The fraction of sp³-hybridized carbons (Fsp3) is 0.552. The van der Waals surface area contributed by atoms with E-state index in [4.69, 9.17) is 14.5 Å². The van der Waals surface area contributed by atoms with E-state index >= 15 is 0 Å². The van der Waals surface area contributed by atoms with Gasteiger partial charge < -0.3 is 23.7 Å². The molecule has 9 nitrogen and oxygen atoms in total. The molecule has 3 aromatic rings. The van der Waals surface area contributed by atoms with E-state index < -0.39 is 18.1 Å². The summed E-state index contributed by atoms with van der Waals surface area (Å²) in [6.45, 7) is 6.10. The molecule has 3 atom stereocenters. The lowest BCUT2D eigenvalue weighted by Crippen LogP contribution is -2.47. The van der Waals surface area contributed by atoms with Gasteiger partial charge in [0.05, 0.1) is 23.7 Å². The number of hydrogen-bond acceptors (Lipinski definition) is 7. The van der Waals surface area contributed by atoms with Gasteiger partial charge in [-0.2, -0.15) is 0 Å². The molecule has 204 valence electrons. The number of aliphatic hydroxyl groups excluding tert-OH is 1. The molecule has 0 bridgehead atoms. The average Bonchev–Trinajstić information content (AvgIpc) is 3.22. The standard InChI is InChI=1S/C29H38N4O5/c1-18-12-22(16-32(3)28(18)35)27-31-24-10-9-20(13-25(24)33(27)15-21-6-5-11-37-17-21)14-30-26(19(2)34)29(36)38-23-7-4-8-23/h9-10,12-13,16,19,21,23,26,30,34H,4-8,11,14-15,17H2,1-3H3/t19?,21-,26?/m1/s1. The van der Waals surface area contributed by atoms with Crippen LogP contribution in [0.2, 0.25) is 0 Å². The topological polar surface area (TPSA) is 108 Å². The Morgan fingerprint density at radius 2 is 2.08 bits per heavy atom. The van der Waals surface area contributed by atoms with Gasteiger partial charge in [0.1, 0.15) is 18.0 Å². The Kier molecular flexibility index (Phi) is 7.97. The molecule has 2 fully saturated rings. The lowest BCUT2D eigenvalue weighted by molar-refractivity contribution is -0.158. The molecule has 3 heterocycles. The number of pyridine rings is 1. The highest BCUT2D eigenvalue weighted by Crippen LogP contribution is 2.29. The van der Waals surface area contributed by atoms with Gasteiger partial charge in [0.25, 0.3) is 5.56 Å². The van der Waals surface area contributed by atoms with Gasteiger partial charge in [0.15, 0.2) is 0 Å². The molecule has 2 N–H and O–H groups in total. The van der Waals surface area contributed by atoms with Gasteiger partial charge in [-0.15, -0.1) is 0 Å². The molecule has 2 unspecified atom stereocenters. The summed E-state index contributed by atoms with van der Waals surface area (Å²) in [4.78, 5) is 29.9. The van der Waals surface area contributed by atoms with Gasteiger partial charge in [-0.05, 0) is 69.7 Å². The van der Waals surface area contributed by atoms with Crippen molar-refractivity contribution in [3.05, 3.63) is 51.9 Å². The van der Waals surface area contributed by atoms with Crippen LogP contribution in [-0.4, -0.2) is 56.7 Å². The van der Waals surface area contributed by atoms with E-state index in [0.717, 1.165) is 73.2 Å². The minimum absolute atomic E-state index is 0.0195. The number of nitrogens with zero attached hydrogens (tertiary/aromatic N) is 3. The highest BCUT2D eigenvalue weighted by Gasteiger charge is 2.30. The quantitative estimate of drug-likeness (QED) is 0.416. The number of aliphatic hydroxyl groups is 1. The molecule has 1 aliphatic heterocycles. The second kappa shape index (κ2) is 11.4. The second-order valence-electron chi connectivity index (χ2n) is 10.9. The van der Waals surface area contributed by atoms with E-state index in [-0.39, 0.29) is 11.7 Å². The third-order valence-corrected chi connectivity index (χ3v) is 7.73. The Morgan fingerprint density at radius 1 is 1.26 bits per heavy atom. The van der Waals surface area contributed by atoms with Crippen LogP contribution in [0.5, 0.6) is 0 Å². The SMILES string of the molecule is Cc1cc(-c2nc3ccc(CNC(C(=O)OC4CCC4)C(C)O)cc3n2C[C@H]2CCCOC2)cn(C)c1=O. The highest BCUT2D eigenvalue weighted by atomic mass is 16.5. The molecular formula is C29H38N4O5. The molecule has 0 amide bonds. The van der Waals surface area contributed by atoms with Gasteiger partial charge in [0.2, 0.25) is 0 Å². The van der Waals surface area contributed by atoms with E-state index in [1.165, 1.54) is 0 Å². The lowest BCUT2D eigenvalue weighted by Gasteiger charge is -2.28. The third-order valence-electron chi connectivity index (χ3n) is 7.73. The van der Waals surface area contributed by atoms with E-state index in [2.05, 4.69) is 16.0 Å². The van der Waals surface area contributed by atoms with Crippen molar-refractivity contribution < 1.29 is 19.4 Å². The van der Waals surface area contributed by atoms with Gasteiger partial charge in [-0.25, -0.2) is 4.98 Å². The molecule has 2 aliphatic rings. The average molecular weight is 523 g/mol. The number of carbonyl (C=O) groups is 1. The molecule has 9 heteroatoms. The van der Waals surface area contributed by atoms with Gasteiger partial charge in [-0.3, -0.25) is 14.9 Å². The predicted octanol–water partition coefficient (Wildman–Crippen LogP) is 3.07. The first-order chi connectivity index (χ1) is 18.3. The maximum Gasteiger partial charge on any atom is 0.326 e. The third kappa shape index (κ3) is 5.70. The maximum atomic E-state index is 12.6. The van der Waals surface area contributed by atoms with Gasteiger partial charge in [0, 0.05) is 50.0 Å². The van der Waals surface area contributed by atoms with Gasteiger partial charge >= 0.3 is 5.97 Å². The fourth-order valence-electron chi connectivity index (χ4n) is 5.30. The van der Waals surface area contributed by atoms with E-state index in [0.29, 0.717) is 24.6 Å². The number of ether oxygens (including phenoxy) is 2. The summed E-state index contributed by atoms with van der Waals surface area (Å²) in [5.41, 5.74) is 4.38. The summed E-state index contributed by atoms with van der Waals surface area (Å²) < 4.78 is 15.1. The minimum Gasteiger partial charge on any atom is -0.461 e. The molecule has 5 rings (SSSR count). The largest absolute Gasteiger partial charge is 0.461 e. The number of hydrogen-bond donors (Lipinski definition) is 2. The van der Waals surface area contributed by atoms with Crippen molar-refractivity contribution in [3.8, 4) is 11.4 Å². The van der Waals surface area contributed by atoms with E-state index in [1.54, 1.807) is 18.5 Å². The Morgan fingerprint density at radius 3 is 2.74 bits per heavy atom. The van der Waals surface area contributed by atoms with Crippen molar-refractivity contribution in [2.24, 2.45) is 13.0 Å². The zero-order valence-corrected chi connectivity index (χ0v) is 22.5. The number of benzene rings is 1. The first kappa shape index (κ1) is 26.6. The van der Waals surface area contributed by atoms with Crippen LogP contribution in [0.1, 0.15) is 50.2 Å². The maximum absolute atomic E-state index is 12.6. The van der Waals surface area contributed by atoms with Crippen LogP contribution in [-0.2, 0) is 34.4 Å². The Bertz CT molecular complexity index is 1320. The zero-order chi connectivity index (χ0) is 26.8. The van der Waals surface area contributed by atoms with Crippen LogP contribution in [0.15, 0.2) is 35.3 Å². The Balaban J connectivity index is 1.45. The normalized spacial score (nSPS) is 19.7. The van der Waals surface area contributed by atoms with Crippen molar-refractivity contribution in [1.29, 1.82) is 0 Å². The second-order valence-corrected chi connectivity index (χ2v) is 10.9. The van der Waals surface area contributed by atoms with Crippen LogP contribution < -0.4 is 10.9 Å². The number of nitrogens with one attached hydrogen (secondary N) is 1. The van der Waals surface area contributed by atoms with Crippen LogP contribution in [0, 0.1) is 12.8 Å². The highest BCUT2D eigenvalue weighted by molar-refractivity contribution is 5.81. The summed E-state index contributed by atoms with van der Waals surface area (Å²) in [7, 11) is 1.76. The molecule has 1 saturated heterocycles. The van der Waals surface area contributed by atoms with Crippen molar-refractivity contribution in [2.45, 2.75) is 77.3 Å². The van der Waals surface area contributed by atoms with Crippen LogP contribution in [0.3, 0.4) is 0 Å². The Labute approximate surface area is 222 Å². The molecule has 2 aromatic heterocycles. The number of aryl methyl sites for hydroxylation is 2. The fourth-order valence-corrected chi connectivity index (χ4v) is 5.30. The molecule has 0 radical (unpaired) electrons. The van der Waals surface area contributed by atoms with Crippen LogP contribution in [0.4, 0.5) is 0 Å². The molecule has 1 saturated carbocycles. The van der Waals surface area contributed by atoms with E-state index in [1.807, 2.05) is 31.3 Å². The number of esters is 1. The monoisotopic (exact) mass is 522 g/mol. The first-order valence-corrected chi connectivity index (χ1v) is 13.7. The van der Waals surface area contributed by atoms with Crippen LogP contribution >= 0.6 is 0 Å². The number of carbonyl (C=O) groups excluding carboxylic acids is 1. The zero-order valence-electron chi connectivity index (χ0n) is 22.5. The molecular weight excluding hydrogens is 484 g/mol. The van der Waals surface area contributed by atoms with Crippen molar-refractivity contribution >= 4 is 17.0 Å². The lowest BCUT2D eigenvalue weighted by atomic mass is 9.96. The molecule has 1 aliphatic carbocycles. The van der Waals surface area contributed by atoms with Crippen LogP contribution in [0.25, 0.3) is 22.4 Å². The molecule has 1 aromatic carbocycles. The summed E-state index contributed by atoms with van der Waals surface area (Å²) in [5.74, 6) is 0.789. The summed E-state index contributed by atoms with van der Waals surface area (Å²) in [5, 5.41) is 13.4. The summed E-state index contributed by atoms with van der Waals surface area (Å²) >= 11 is 0. The number of fused-ring (bicyclic) bond motifs is 1. The molecule has 38 heavy (non-hydrogen) atoms. The molecule has 0 spiro atoms. The van der Waals surface area contributed by atoms with Crippen molar-refractivity contribution in [2.75, 3.05) is 13.2 Å². The van der Waals surface area contributed by atoms with Crippen molar-refractivity contribution in [1.82, 2.24) is 19.4 Å². The number of rotatable bonds is 9. The summed E-state index contributed by atoms with van der Waals surface area (Å²) in [6.07, 6.45) is 5.93. The number of aromatic nitrogens is 3. The number of imidazole rings is 1.